The molecule has 0 aliphatic heterocycles. The van der Waals surface area contributed by atoms with Gasteiger partial charge in [0.1, 0.15) is 5.75 Å². The largest absolute Gasteiger partial charge is 0.496 e. The molecule has 0 amide bonds. The van der Waals surface area contributed by atoms with Crippen LogP contribution in [0.15, 0.2) is 47.6 Å². The van der Waals surface area contributed by atoms with Crippen LogP contribution >= 0.6 is 24.0 Å². The Morgan fingerprint density at radius 3 is 2.54 bits per heavy atom. The van der Waals surface area contributed by atoms with Crippen molar-refractivity contribution in [3.63, 3.8) is 0 Å². The molecule has 0 radical (unpaired) electrons. The van der Waals surface area contributed by atoms with Gasteiger partial charge in [-0.3, -0.25) is 0 Å². The second-order valence-electron chi connectivity index (χ2n) is 5.55. The van der Waals surface area contributed by atoms with Gasteiger partial charge in [0.05, 0.1) is 20.8 Å². The first-order valence-electron chi connectivity index (χ1n) is 8.28. The van der Waals surface area contributed by atoms with E-state index >= 15 is 0 Å². The zero-order valence-electron chi connectivity index (χ0n) is 15.7. The van der Waals surface area contributed by atoms with E-state index in [4.69, 9.17) is 14.5 Å². The molecule has 1 aromatic carbocycles. The number of halogens is 1. The summed E-state index contributed by atoms with van der Waals surface area (Å²) in [6.45, 7) is 4.11. The summed E-state index contributed by atoms with van der Waals surface area (Å²) in [5.74, 6) is 2.32. The van der Waals surface area contributed by atoms with Crippen LogP contribution in [0, 0.1) is 0 Å². The third-order valence-corrected chi connectivity index (χ3v) is 3.71. The molecule has 0 unspecified atom stereocenters. The Balaban J connectivity index is 0.00000338. The Labute approximate surface area is 172 Å². The molecule has 0 fully saturated rings. The van der Waals surface area contributed by atoms with Gasteiger partial charge in [-0.05, 0) is 18.6 Å². The highest BCUT2D eigenvalue weighted by Crippen LogP contribution is 2.18. The standard InChI is InChI=1S/C19H26N4O2.HI/c1-5-20-19(22-13-15-10-11-18(25-4)21-12-15)23(2)14-16-8-6-7-9-17(16)24-3;/h6-12H,5,13-14H2,1-4H3,(H,20,22);1H. The molecule has 0 aliphatic rings. The highest BCUT2D eigenvalue weighted by Gasteiger charge is 2.09. The van der Waals surface area contributed by atoms with Gasteiger partial charge in [0, 0.05) is 38.0 Å². The van der Waals surface area contributed by atoms with Crippen molar-refractivity contribution >= 4 is 29.9 Å². The fourth-order valence-electron chi connectivity index (χ4n) is 2.43. The number of aliphatic imine (C=N–C) groups is 1. The first kappa shape index (κ1) is 22.0. The van der Waals surface area contributed by atoms with Crippen LogP contribution in [0.2, 0.25) is 0 Å². The Hall–Kier alpha value is -2.03. The molecule has 1 aromatic heterocycles. The SMILES string of the molecule is CCNC(=NCc1ccc(OC)nc1)N(C)Cc1ccccc1OC.I. The van der Waals surface area contributed by atoms with Gasteiger partial charge in [0.25, 0.3) is 0 Å². The minimum atomic E-state index is 0. The van der Waals surface area contributed by atoms with E-state index in [0.29, 0.717) is 19.0 Å². The lowest BCUT2D eigenvalue weighted by atomic mass is 10.2. The quantitative estimate of drug-likeness (QED) is 0.382. The molecule has 26 heavy (non-hydrogen) atoms. The number of hydrogen-bond donors (Lipinski definition) is 1. The topological polar surface area (TPSA) is 59.0 Å². The van der Waals surface area contributed by atoms with Crippen LogP contribution in [0.4, 0.5) is 0 Å². The normalized spacial score (nSPS) is 10.7. The molecule has 142 valence electrons. The Morgan fingerprint density at radius 1 is 1.15 bits per heavy atom. The molecular formula is C19H27IN4O2. The number of methoxy groups -OCH3 is 2. The van der Waals surface area contributed by atoms with Gasteiger partial charge in [-0.25, -0.2) is 9.98 Å². The summed E-state index contributed by atoms with van der Waals surface area (Å²) < 4.78 is 10.5. The third kappa shape index (κ3) is 6.36. The zero-order valence-corrected chi connectivity index (χ0v) is 18.1. The van der Waals surface area contributed by atoms with Crippen molar-refractivity contribution in [1.29, 1.82) is 0 Å². The maximum atomic E-state index is 5.43. The van der Waals surface area contributed by atoms with Crippen LogP contribution in [0.1, 0.15) is 18.1 Å². The van der Waals surface area contributed by atoms with E-state index in [9.17, 15) is 0 Å². The molecule has 6 nitrogen and oxygen atoms in total. The summed E-state index contributed by atoms with van der Waals surface area (Å²) in [5, 5.41) is 3.32. The fourth-order valence-corrected chi connectivity index (χ4v) is 2.43. The first-order valence-corrected chi connectivity index (χ1v) is 8.28. The number of benzene rings is 1. The number of aromatic nitrogens is 1. The number of pyridine rings is 1. The summed E-state index contributed by atoms with van der Waals surface area (Å²) in [7, 11) is 5.31. The van der Waals surface area contributed by atoms with E-state index in [-0.39, 0.29) is 24.0 Å². The number of nitrogens with one attached hydrogen (secondary N) is 1. The van der Waals surface area contributed by atoms with Crippen LogP contribution in [0.5, 0.6) is 11.6 Å². The summed E-state index contributed by atoms with van der Waals surface area (Å²) in [6.07, 6.45) is 1.78. The van der Waals surface area contributed by atoms with Crippen molar-refractivity contribution in [2.24, 2.45) is 4.99 Å². The van der Waals surface area contributed by atoms with Gasteiger partial charge in [-0.2, -0.15) is 0 Å². The molecule has 0 saturated carbocycles. The van der Waals surface area contributed by atoms with E-state index in [1.165, 1.54) is 0 Å². The van der Waals surface area contributed by atoms with E-state index in [2.05, 4.69) is 28.2 Å². The van der Waals surface area contributed by atoms with Crippen molar-refractivity contribution in [3.05, 3.63) is 53.7 Å². The van der Waals surface area contributed by atoms with Crippen LogP contribution < -0.4 is 14.8 Å². The molecule has 0 aliphatic carbocycles. The van der Waals surface area contributed by atoms with Crippen molar-refractivity contribution < 1.29 is 9.47 Å². The van der Waals surface area contributed by atoms with Gasteiger partial charge < -0.3 is 19.7 Å². The molecule has 1 heterocycles. The van der Waals surface area contributed by atoms with Gasteiger partial charge in [0.2, 0.25) is 5.88 Å². The number of hydrogen-bond acceptors (Lipinski definition) is 4. The molecule has 2 aromatic rings. The van der Waals surface area contributed by atoms with Crippen LogP contribution in [0.25, 0.3) is 0 Å². The maximum Gasteiger partial charge on any atom is 0.212 e. The summed E-state index contributed by atoms with van der Waals surface area (Å²) in [5.41, 5.74) is 2.14. The van der Waals surface area contributed by atoms with Crippen molar-refractivity contribution in [1.82, 2.24) is 15.2 Å². The molecule has 0 saturated heterocycles. The predicted molar refractivity (Wildman–Crippen MR) is 115 cm³/mol. The highest BCUT2D eigenvalue weighted by molar-refractivity contribution is 14.0. The monoisotopic (exact) mass is 470 g/mol. The molecular weight excluding hydrogens is 443 g/mol. The average molecular weight is 470 g/mol. The van der Waals surface area contributed by atoms with Crippen LogP contribution in [-0.4, -0.2) is 43.7 Å². The van der Waals surface area contributed by atoms with Gasteiger partial charge in [-0.15, -0.1) is 24.0 Å². The zero-order chi connectivity index (χ0) is 18.1. The smallest absolute Gasteiger partial charge is 0.212 e. The third-order valence-electron chi connectivity index (χ3n) is 3.71. The van der Waals surface area contributed by atoms with E-state index in [1.807, 2.05) is 37.4 Å². The summed E-state index contributed by atoms with van der Waals surface area (Å²) in [6, 6.07) is 11.8. The maximum absolute atomic E-state index is 5.43. The lowest BCUT2D eigenvalue weighted by molar-refractivity contribution is 0.396. The minimum Gasteiger partial charge on any atom is -0.496 e. The average Bonchev–Trinajstić information content (AvgIpc) is 2.65. The number of guanidine groups is 1. The van der Waals surface area contributed by atoms with Gasteiger partial charge in [0.15, 0.2) is 5.96 Å². The number of rotatable bonds is 7. The molecule has 1 N–H and O–H groups in total. The summed E-state index contributed by atoms with van der Waals surface area (Å²) in [4.78, 5) is 11.0. The summed E-state index contributed by atoms with van der Waals surface area (Å²) >= 11 is 0. The van der Waals surface area contributed by atoms with Gasteiger partial charge in [-0.1, -0.05) is 24.3 Å². The predicted octanol–water partition coefficient (Wildman–Crippen LogP) is 3.31. The minimum absolute atomic E-state index is 0. The Morgan fingerprint density at radius 2 is 1.92 bits per heavy atom. The lowest BCUT2D eigenvalue weighted by Gasteiger charge is -2.23. The molecule has 2 rings (SSSR count). The van der Waals surface area contributed by atoms with Gasteiger partial charge >= 0.3 is 0 Å². The Kier molecular flexibility index (Phi) is 9.79. The second-order valence-corrected chi connectivity index (χ2v) is 5.55. The molecule has 0 atom stereocenters. The van der Waals surface area contributed by atoms with E-state index in [0.717, 1.165) is 29.4 Å². The van der Waals surface area contributed by atoms with Crippen molar-refractivity contribution in [3.8, 4) is 11.6 Å². The number of ether oxygens (including phenoxy) is 2. The van der Waals surface area contributed by atoms with Crippen molar-refractivity contribution in [2.75, 3.05) is 27.8 Å². The van der Waals surface area contributed by atoms with E-state index < -0.39 is 0 Å². The first-order chi connectivity index (χ1) is 12.2. The molecule has 7 heteroatoms. The second kappa shape index (κ2) is 11.6. The number of para-hydroxylation sites is 1. The fraction of sp³-hybridized carbons (Fsp3) is 0.368. The lowest BCUT2D eigenvalue weighted by Crippen LogP contribution is -2.38. The highest BCUT2D eigenvalue weighted by atomic mass is 127. The number of nitrogens with zero attached hydrogens (tertiary/aromatic N) is 3. The van der Waals surface area contributed by atoms with E-state index in [1.54, 1.807) is 20.4 Å². The van der Waals surface area contributed by atoms with Crippen LogP contribution in [0.3, 0.4) is 0 Å². The molecule has 0 bridgehead atoms. The molecule has 0 spiro atoms. The van der Waals surface area contributed by atoms with Crippen LogP contribution in [-0.2, 0) is 13.1 Å². The van der Waals surface area contributed by atoms with Crippen molar-refractivity contribution in [2.45, 2.75) is 20.0 Å². The Bertz CT molecular complexity index is 692.